The molecule has 24 heavy (non-hydrogen) atoms. The van der Waals surface area contributed by atoms with Crippen LogP contribution in [-0.4, -0.2) is 30.5 Å². The molecule has 0 radical (unpaired) electrons. The maximum absolute atomic E-state index is 12.5. The van der Waals surface area contributed by atoms with Gasteiger partial charge in [0.2, 0.25) is 0 Å². The summed E-state index contributed by atoms with van der Waals surface area (Å²) < 4.78 is 5.80. The van der Waals surface area contributed by atoms with Gasteiger partial charge in [-0.25, -0.2) is 4.79 Å². The minimum Gasteiger partial charge on any atom is -0.453 e. The Kier molecular flexibility index (Phi) is 5.77. The molecule has 0 amide bonds. The first-order chi connectivity index (χ1) is 11.6. The van der Waals surface area contributed by atoms with Gasteiger partial charge >= 0.3 is 5.97 Å². The second-order valence-corrected chi connectivity index (χ2v) is 6.83. The lowest BCUT2D eigenvalue weighted by Gasteiger charge is -2.24. The molecule has 1 heterocycles. The highest BCUT2D eigenvalue weighted by Crippen LogP contribution is 2.24. The molecule has 1 unspecified atom stereocenters. The van der Waals surface area contributed by atoms with Gasteiger partial charge in [0, 0.05) is 16.6 Å². The first kappa shape index (κ1) is 17.3. The van der Waals surface area contributed by atoms with Crippen molar-refractivity contribution in [3.63, 3.8) is 0 Å². The number of ether oxygens (including phenoxy) is 1. The number of rotatable bonds is 5. The van der Waals surface area contributed by atoms with E-state index in [1.54, 1.807) is 24.3 Å². The Balaban J connectivity index is 1.76. The van der Waals surface area contributed by atoms with Gasteiger partial charge in [-0.2, -0.15) is 0 Å². The van der Waals surface area contributed by atoms with E-state index in [2.05, 4.69) is 4.90 Å². The summed E-state index contributed by atoms with van der Waals surface area (Å²) >= 11 is 11.8. The highest BCUT2D eigenvalue weighted by molar-refractivity contribution is 6.30. The van der Waals surface area contributed by atoms with E-state index in [4.69, 9.17) is 27.9 Å². The van der Waals surface area contributed by atoms with Gasteiger partial charge in [0.1, 0.15) is 6.10 Å². The van der Waals surface area contributed by atoms with Crippen LogP contribution in [0.15, 0.2) is 48.5 Å². The van der Waals surface area contributed by atoms with Gasteiger partial charge < -0.3 is 4.74 Å². The zero-order chi connectivity index (χ0) is 16.9. The van der Waals surface area contributed by atoms with E-state index < -0.39 is 0 Å². The molecule has 3 nitrogen and oxygen atoms in total. The molecule has 0 N–H and O–H groups in total. The molecule has 1 aliphatic rings. The van der Waals surface area contributed by atoms with Crippen LogP contribution >= 0.6 is 23.2 Å². The smallest absolute Gasteiger partial charge is 0.338 e. The first-order valence-electron chi connectivity index (χ1n) is 8.06. The van der Waals surface area contributed by atoms with Crippen LogP contribution in [0.25, 0.3) is 0 Å². The largest absolute Gasteiger partial charge is 0.453 e. The van der Waals surface area contributed by atoms with Crippen molar-refractivity contribution in [1.82, 2.24) is 4.90 Å². The van der Waals surface area contributed by atoms with Crippen LogP contribution in [0.2, 0.25) is 10.0 Å². The SMILES string of the molecule is O=C(OC(CN1CCCC1)c1ccc(Cl)cc1)c1ccc(Cl)cc1. The molecule has 1 atom stereocenters. The Morgan fingerprint density at radius 2 is 1.50 bits per heavy atom. The Morgan fingerprint density at radius 3 is 2.08 bits per heavy atom. The van der Waals surface area contributed by atoms with Crippen LogP contribution < -0.4 is 0 Å². The number of likely N-dealkylation sites (tertiary alicyclic amines) is 1. The highest BCUT2D eigenvalue weighted by Gasteiger charge is 2.23. The number of carbonyl (C=O) groups is 1. The second kappa shape index (κ2) is 8.02. The lowest BCUT2D eigenvalue weighted by atomic mass is 10.1. The molecular formula is C19H19Cl2NO2. The molecule has 0 spiro atoms. The molecule has 1 fully saturated rings. The predicted molar refractivity (Wildman–Crippen MR) is 96.7 cm³/mol. The molecule has 0 aliphatic carbocycles. The molecule has 3 rings (SSSR count). The normalized spacial score (nSPS) is 16.1. The maximum atomic E-state index is 12.5. The number of benzene rings is 2. The third kappa shape index (κ3) is 4.50. The fraction of sp³-hybridized carbons (Fsp3) is 0.316. The lowest BCUT2D eigenvalue weighted by Crippen LogP contribution is -2.28. The van der Waals surface area contributed by atoms with Crippen molar-refractivity contribution in [1.29, 1.82) is 0 Å². The summed E-state index contributed by atoms with van der Waals surface area (Å²) in [4.78, 5) is 14.8. The summed E-state index contributed by atoms with van der Waals surface area (Å²) in [6.45, 7) is 2.78. The van der Waals surface area contributed by atoms with Gasteiger partial charge in [0.15, 0.2) is 0 Å². The molecular weight excluding hydrogens is 345 g/mol. The fourth-order valence-corrected chi connectivity index (χ4v) is 3.12. The Morgan fingerprint density at radius 1 is 0.958 bits per heavy atom. The van der Waals surface area contributed by atoms with Crippen molar-refractivity contribution in [2.45, 2.75) is 18.9 Å². The molecule has 5 heteroatoms. The molecule has 126 valence electrons. The van der Waals surface area contributed by atoms with Gasteiger partial charge in [0.05, 0.1) is 5.56 Å². The average Bonchev–Trinajstić information content (AvgIpc) is 3.08. The first-order valence-corrected chi connectivity index (χ1v) is 8.82. The van der Waals surface area contributed by atoms with Crippen molar-refractivity contribution >= 4 is 29.2 Å². The van der Waals surface area contributed by atoms with Crippen LogP contribution in [0, 0.1) is 0 Å². The summed E-state index contributed by atoms with van der Waals surface area (Å²) in [6.07, 6.45) is 2.07. The predicted octanol–water partition coefficient (Wildman–Crippen LogP) is 4.99. The van der Waals surface area contributed by atoms with Crippen LogP contribution in [-0.2, 0) is 4.74 Å². The summed E-state index contributed by atoms with van der Waals surface area (Å²) in [7, 11) is 0. The van der Waals surface area contributed by atoms with E-state index in [0.717, 1.165) is 18.7 Å². The topological polar surface area (TPSA) is 29.5 Å². The minimum atomic E-state index is -0.342. The Hall–Kier alpha value is -1.55. The van der Waals surface area contributed by atoms with Crippen LogP contribution in [0.1, 0.15) is 34.9 Å². The maximum Gasteiger partial charge on any atom is 0.338 e. The van der Waals surface area contributed by atoms with Gasteiger partial charge in [-0.15, -0.1) is 0 Å². The van der Waals surface area contributed by atoms with Gasteiger partial charge in [-0.3, -0.25) is 4.90 Å². The number of hydrogen-bond donors (Lipinski definition) is 0. The minimum absolute atomic E-state index is 0.316. The van der Waals surface area contributed by atoms with E-state index >= 15 is 0 Å². The zero-order valence-electron chi connectivity index (χ0n) is 13.3. The Bertz CT molecular complexity index is 680. The molecule has 1 aliphatic heterocycles. The third-order valence-corrected chi connectivity index (χ3v) is 4.70. The number of carbonyl (C=O) groups excluding carboxylic acids is 1. The van der Waals surface area contributed by atoms with E-state index in [1.807, 2.05) is 24.3 Å². The fourth-order valence-electron chi connectivity index (χ4n) is 2.87. The molecule has 0 bridgehead atoms. The van der Waals surface area contributed by atoms with Crippen molar-refractivity contribution in [3.05, 3.63) is 69.7 Å². The van der Waals surface area contributed by atoms with Gasteiger partial charge in [0.25, 0.3) is 0 Å². The number of esters is 1. The second-order valence-electron chi connectivity index (χ2n) is 5.96. The van der Waals surface area contributed by atoms with E-state index in [1.165, 1.54) is 12.8 Å². The lowest BCUT2D eigenvalue weighted by molar-refractivity contribution is 0.0216. The van der Waals surface area contributed by atoms with E-state index in [-0.39, 0.29) is 12.1 Å². The molecule has 0 saturated carbocycles. The van der Waals surface area contributed by atoms with Gasteiger partial charge in [-0.1, -0.05) is 35.3 Å². The average molecular weight is 364 g/mol. The van der Waals surface area contributed by atoms with Crippen molar-refractivity contribution in [3.8, 4) is 0 Å². The molecule has 2 aromatic carbocycles. The van der Waals surface area contributed by atoms with Crippen molar-refractivity contribution < 1.29 is 9.53 Å². The third-order valence-electron chi connectivity index (χ3n) is 4.19. The van der Waals surface area contributed by atoms with E-state index in [9.17, 15) is 4.79 Å². The summed E-state index contributed by atoms with van der Waals surface area (Å²) in [5, 5.41) is 1.26. The molecule has 2 aromatic rings. The number of nitrogens with zero attached hydrogens (tertiary/aromatic N) is 1. The van der Waals surface area contributed by atoms with Gasteiger partial charge in [-0.05, 0) is 67.9 Å². The van der Waals surface area contributed by atoms with Crippen LogP contribution in [0.3, 0.4) is 0 Å². The summed E-state index contributed by atoms with van der Waals surface area (Å²) in [5.41, 5.74) is 1.45. The van der Waals surface area contributed by atoms with Crippen molar-refractivity contribution in [2.75, 3.05) is 19.6 Å². The highest BCUT2D eigenvalue weighted by atomic mass is 35.5. The quantitative estimate of drug-likeness (QED) is 0.701. The summed E-state index contributed by atoms with van der Waals surface area (Å²) in [6, 6.07) is 14.2. The zero-order valence-corrected chi connectivity index (χ0v) is 14.8. The van der Waals surface area contributed by atoms with E-state index in [0.29, 0.717) is 22.2 Å². The standard InChI is InChI=1S/C19H19Cl2NO2/c20-16-7-3-14(4-8-16)18(13-22-11-1-2-12-22)24-19(23)15-5-9-17(21)10-6-15/h3-10,18H,1-2,11-13H2. The molecule has 1 saturated heterocycles. The van der Waals surface area contributed by atoms with Crippen LogP contribution in [0.5, 0.6) is 0 Å². The number of hydrogen-bond acceptors (Lipinski definition) is 3. The Labute approximate surface area is 152 Å². The van der Waals surface area contributed by atoms with Crippen molar-refractivity contribution in [2.24, 2.45) is 0 Å². The summed E-state index contributed by atoms with van der Waals surface area (Å²) in [5.74, 6) is -0.342. The van der Waals surface area contributed by atoms with Crippen LogP contribution in [0.4, 0.5) is 0 Å². The molecule has 0 aromatic heterocycles. The monoisotopic (exact) mass is 363 g/mol. The number of halogens is 2.